The number of nitrogens with one attached hydrogen (secondary N) is 1. The molecule has 1 aliphatic heterocycles. The molecule has 0 saturated carbocycles. The first kappa shape index (κ1) is 28.3. The summed E-state index contributed by atoms with van der Waals surface area (Å²) >= 11 is 0. The van der Waals surface area contributed by atoms with Gasteiger partial charge in [-0.15, -0.1) is 0 Å². The van der Waals surface area contributed by atoms with E-state index in [-0.39, 0.29) is 6.09 Å². The van der Waals surface area contributed by atoms with Crippen molar-refractivity contribution in [1.29, 1.82) is 0 Å². The maximum atomic E-state index is 12.3. The van der Waals surface area contributed by atoms with Crippen molar-refractivity contribution in [3.05, 3.63) is 35.7 Å². The molecule has 3 N–H and O–H groups in total. The molecule has 1 aromatic carbocycles. The summed E-state index contributed by atoms with van der Waals surface area (Å²) in [5.41, 5.74) is 8.62. The zero-order valence-electron chi connectivity index (χ0n) is 24.4. The number of aromatic amines is 1. The molecule has 218 valence electrons. The average Bonchev–Trinajstić information content (AvgIpc) is 3.49. The first-order chi connectivity index (χ1) is 19.5. The van der Waals surface area contributed by atoms with Crippen LogP contribution in [0.4, 0.5) is 4.79 Å². The monoisotopic (exact) mass is 562 g/mol. The van der Waals surface area contributed by atoms with Crippen molar-refractivity contribution in [2.24, 2.45) is 5.73 Å². The molecule has 0 bridgehead atoms. The van der Waals surface area contributed by atoms with E-state index < -0.39 is 11.5 Å². The van der Waals surface area contributed by atoms with Crippen molar-refractivity contribution < 1.29 is 19.1 Å². The number of H-pyrrole nitrogens is 1. The zero-order chi connectivity index (χ0) is 29.3. The van der Waals surface area contributed by atoms with Crippen molar-refractivity contribution in [3.8, 4) is 17.3 Å². The number of rotatable bonds is 8. The molecule has 0 aliphatic carbocycles. The molecule has 5 rings (SSSR count). The molecule has 1 saturated heterocycles. The van der Waals surface area contributed by atoms with Crippen molar-refractivity contribution in [2.45, 2.75) is 53.2 Å². The van der Waals surface area contributed by atoms with Gasteiger partial charge in [-0.1, -0.05) is 0 Å². The molecule has 41 heavy (non-hydrogen) atoms. The van der Waals surface area contributed by atoms with Crippen LogP contribution in [0.25, 0.3) is 33.5 Å². The normalized spacial score (nSPS) is 14.6. The van der Waals surface area contributed by atoms with Crippen LogP contribution in [0.2, 0.25) is 0 Å². The number of hydrogen-bond acceptors (Lipinski definition) is 8. The van der Waals surface area contributed by atoms with E-state index in [4.69, 9.17) is 20.2 Å². The van der Waals surface area contributed by atoms with Gasteiger partial charge in [0.2, 0.25) is 5.91 Å². The minimum absolute atomic E-state index is 0.264. The maximum Gasteiger partial charge on any atom is 0.410 e. The van der Waals surface area contributed by atoms with Crippen LogP contribution in [0.3, 0.4) is 0 Å². The number of piperazine rings is 1. The van der Waals surface area contributed by atoms with E-state index in [1.54, 1.807) is 23.2 Å². The average molecular weight is 563 g/mol. The molecule has 0 spiro atoms. The highest BCUT2D eigenvalue weighted by molar-refractivity contribution is 6.11. The number of amides is 2. The lowest BCUT2D eigenvalue weighted by molar-refractivity contribution is 0.0142. The van der Waals surface area contributed by atoms with Gasteiger partial charge in [0, 0.05) is 61.8 Å². The number of benzene rings is 1. The number of carbonyl (C=O) groups excluding carboxylic acids is 2. The van der Waals surface area contributed by atoms with Gasteiger partial charge in [-0.25, -0.2) is 14.8 Å². The van der Waals surface area contributed by atoms with E-state index in [9.17, 15) is 9.59 Å². The minimum atomic E-state index is -0.534. The van der Waals surface area contributed by atoms with E-state index in [0.29, 0.717) is 49.0 Å². The van der Waals surface area contributed by atoms with Crippen LogP contribution in [0.1, 0.15) is 50.2 Å². The van der Waals surface area contributed by atoms with Crippen LogP contribution in [-0.4, -0.2) is 91.5 Å². The Morgan fingerprint density at radius 2 is 1.85 bits per heavy atom. The van der Waals surface area contributed by atoms with Gasteiger partial charge >= 0.3 is 6.09 Å². The maximum absolute atomic E-state index is 12.3. The predicted molar refractivity (Wildman–Crippen MR) is 156 cm³/mol. The smallest absolute Gasteiger partial charge is 0.410 e. The van der Waals surface area contributed by atoms with Crippen molar-refractivity contribution in [2.75, 3.05) is 39.3 Å². The molecule has 0 unspecified atom stereocenters. The molecule has 0 atom stereocenters. The van der Waals surface area contributed by atoms with Gasteiger partial charge in [-0.2, -0.15) is 5.10 Å². The summed E-state index contributed by atoms with van der Waals surface area (Å²) in [6.07, 6.45) is 2.27. The Hall–Kier alpha value is -4.19. The molecule has 2 amide bonds. The highest BCUT2D eigenvalue weighted by Crippen LogP contribution is 2.33. The highest BCUT2D eigenvalue weighted by atomic mass is 16.6. The second-order valence-corrected chi connectivity index (χ2v) is 11.3. The van der Waals surface area contributed by atoms with E-state index in [1.165, 1.54) is 0 Å². The highest BCUT2D eigenvalue weighted by Gasteiger charge is 2.25. The summed E-state index contributed by atoms with van der Waals surface area (Å²) in [5, 5.41) is 6.05. The Morgan fingerprint density at radius 1 is 1.10 bits per heavy atom. The summed E-state index contributed by atoms with van der Waals surface area (Å²) in [6.45, 7) is 14.4. The van der Waals surface area contributed by atoms with Crippen LogP contribution >= 0.6 is 0 Å². The summed E-state index contributed by atoms with van der Waals surface area (Å²) in [6, 6.07) is 5.38. The van der Waals surface area contributed by atoms with Crippen LogP contribution in [0, 0.1) is 6.92 Å². The predicted octanol–water partition coefficient (Wildman–Crippen LogP) is 3.72. The summed E-state index contributed by atoms with van der Waals surface area (Å²) in [5.74, 6) is 0.574. The quantitative estimate of drug-likeness (QED) is 0.309. The van der Waals surface area contributed by atoms with Gasteiger partial charge < -0.3 is 25.1 Å². The Balaban J connectivity index is 1.28. The largest absolute Gasteiger partial charge is 0.491 e. The lowest BCUT2D eigenvalue weighted by atomic mass is 10.1. The Morgan fingerprint density at radius 3 is 2.54 bits per heavy atom. The van der Waals surface area contributed by atoms with E-state index in [1.807, 2.05) is 45.4 Å². The number of hydrogen-bond donors (Lipinski definition) is 2. The van der Waals surface area contributed by atoms with E-state index in [0.717, 1.165) is 53.7 Å². The van der Waals surface area contributed by atoms with Crippen molar-refractivity contribution >= 4 is 33.9 Å². The number of nitrogens with zero attached hydrogens (tertiary/aromatic N) is 6. The molecule has 1 aliphatic rings. The van der Waals surface area contributed by atoms with Gasteiger partial charge in [0.05, 0.1) is 17.8 Å². The molecule has 1 fully saturated rings. The van der Waals surface area contributed by atoms with Crippen LogP contribution in [-0.2, 0) is 11.3 Å². The number of primary amides is 1. The summed E-state index contributed by atoms with van der Waals surface area (Å²) in [7, 11) is 0. The van der Waals surface area contributed by atoms with Crippen LogP contribution in [0.15, 0.2) is 24.4 Å². The van der Waals surface area contributed by atoms with E-state index >= 15 is 0 Å². The fourth-order valence-electron chi connectivity index (χ4n) is 5.05. The molecule has 4 heterocycles. The Kier molecular flexibility index (Phi) is 7.85. The van der Waals surface area contributed by atoms with Crippen LogP contribution < -0.4 is 10.5 Å². The molecule has 3 aromatic heterocycles. The zero-order valence-corrected chi connectivity index (χ0v) is 24.4. The van der Waals surface area contributed by atoms with Crippen molar-refractivity contribution in [1.82, 2.24) is 34.5 Å². The first-order valence-corrected chi connectivity index (χ1v) is 14.0. The lowest BCUT2D eigenvalue weighted by Gasteiger charge is -2.35. The Labute approximate surface area is 238 Å². The molecule has 12 heteroatoms. The number of aryl methyl sites for hydroxylation is 2. The third-order valence-electron chi connectivity index (χ3n) is 7.04. The van der Waals surface area contributed by atoms with E-state index in [2.05, 4.69) is 20.0 Å². The van der Waals surface area contributed by atoms with Gasteiger partial charge in [0.25, 0.3) is 0 Å². The number of nitrogens with two attached hydrogens (primary N) is 1. The van der Waals surface area contributed by atoms with Gasteiger partial charge in [-0.05, 0) is 59.2 Å². The Bertz CT molecular complexity index is 1580. The number of aromatic nitrogens is 5. The fraction of sp³-hybridized carbons (Fsp3) is 0.483. The molecule has 0 radical (unpaired) electrons. The molecule has 12 nitrogen and oxygen atoms in total. The first-order valence-electron chi connectivity index (χ1n) is 14.0. The third-order valence-corrected chi connectivity index (χ3v) is 7.04. The number of carbonyl (C=O) groups is 2. The van der Waals surface area contributed by atoms with Crippen molar-refractivity contribution in [3.63, 3.8) is 0 Å². The second kappa shape index (κ2) is 11.4. The third kappa shape index (κ3) is 6.27. The molecular weight excluding hydrogens is 524 g/mol. The number of ether oxygens (including phenoxy) is 2. The molecular formula is C29H38N8O4. The van der Waals surface area contributed by atoms with Gasteiger partial charge in [-0.3, -0.25) is 14.4 Å². The summed E-state index contributed by atoms with van der Waals surface area (Å²) < 4.78 is 13.5. The number of fused-ring (bicyclic) bond motifs is 3. The second-order valence-electron chi connectivity index (χ2n) is 11.3. The standard InChI is InChI=1S/C29H38N8O4/c1-6-37-22(14-18(2)34-37)27-31-17-21-20-15-19(25(30)38)16-23(24(20)32-26(21)33-27)40-13-7-8-35-9-11-36(12-10-35)28(39)41-29(3,4)5/h14-17H,6-13H2,1-5H3,(H2,30,38)(H,31,32,33). The van der Waals surface area contributed by atoms with Gasteiger partial charge in [0.15, 0.2) is 5.82 Å². The van der Waals surface area contributed by atoms with Crippen LogP contribution in [0.5, 0.6) is 5.75 Å². The fourth-order valence-corrected chi connectivity index (χ4v) is 5.05. The SMILES string of the molecule is CCn1nc(C)cc1-c1ncc2c(n1)[nH]c1c(OCCCN3CCN(C(=O)OC(C)(C)C)CC3)cc(C(N)=O)cc12. The lowest BCUT2D eigenvalue weighted by Crippen LogP contribution is -2.50. The molecule has 4 aromatic rings. The minimum Gasteiger partial charge on any atom is -0.491 e. The topological polar surface area (TPSA) is 144 Å². The summed E-state index contributed by atoms with van der Waals surface area (Å²) in [4.78, 5) is 41.3. The van der Waals surface area contributed by atoms with Gasteiger partial charge in [0.1, 0.15) is 22.7 Å².